The molecular formula is C27H36N6O. The Morgan fingerprint density at radius 3 is 2.56 bits per heavy atom. The van der Waals surface area contributed by atoms with Gasteiger partial charge in [-0.1, -0.05) is 45.5 Å². The van der Waals surface area contributed by atoms with Gasteiger partial charge < -0.3 is 20.2 Å². The second-order valence-electron chi connectivity index (χ2n) is 10.2. The van der Waals surface area contributed by atoms with Gasteiger partial charge in [-0.15, -0.1) is 0 Å². The molecule has 0 aliphatic carbocycles. The quantitative estimate of drug-likeness (QED) is 0.403. The average Bonchev–Trinajstić information content (AvgIpc) is 3.36. The van der Waals surface area contributed by atoms with Crippen molar-refractivity contribution in [1.82, 2.24) is 19.4 Å². The number of fused-ring (bicyclic) bond motifs is 1. The van der Waals surface area contributed by atoms with Crippen molar-refractivity contribution in [3.8, 4) is 0 Å². The number of aromatic amines is 1. The van der Waals surface area contributed by atoms with Crippen LogP contribution in [0.4, 0.5) is 11.5 Å². The molecule has 34 heavy (non-hydrogen) atoms. The molecule has 0 bridgehead atoms. The summed E-state index contributed by atoms with van der Waals surface area (Å²) in [5.41, 5.74) is 9.62. The number of aromatic nitrogens is 2. The maximum Gasteiger partial charge on any atom is 0.171 e. The monoisotopic (exact) mass is 460 g/mol. The Kier molecular flexibility index (Phi) is 6.77. The second-order valence-corrected chi connectivity index (χ2v) is 10.2. The molecule has 7 heteroatoms. The molecule has 2 aromatic heterocycles. The number of hydrogen-bond donors (Lipinski definition) is 2. The van der Waals surface area contributed by atoms with Crippen LogP contribution in [-0.4, -0.2) is 71.1 Å². The zero-order valence-corrected chi connectivity index (χ0v) is 20.8. The Morgan fingerprint density at radius 2 is 1.85 bits per heavy atom. The highest BCUT2D eigenvalue weighted by Crippen LogP contribution is 2.31. The van der Waals surface area contributed by atoms with Crippen LogP contribution in [0.25, 0.3) is 16.5 Å². The van der Waals surface area contributed by atoms with Crippen molar-refractivity contribution in [1.29, 1.82) is 0 Å². The summed E-state index contributed by atoms with van der Waals surface area (Å²) < 4.78 is 2.31. The number of hydrogen-bond acceptors (Lipinski definition) is 5. The molecule has 1 fully saturated rings. The first kappa shape index (κ1) is 24.0. The maximum absolute atomic E-state index is 12.6. The molecule has 180 valence electrons. The van der Waals surface area contributed by atoms with Crippen molar-refractivity contribution in [2.24, 2.45) is 10.4 Å². The summed E-state index contributed by atoms with van der Waals surface area (Å²) in [6.45, 7) is 16.3. The first-order valence-electron chi connectivity index (χ1n) is 11.9. The molecule has 1 aliphatic rings. The van der Waals surface area contributed by atoms with Gasteiger partial charge in [0, 0.05) is 79.8 Å². The predicted octanol–water partition coefficient (Wildman–Crippen LogP) is 4.44. The van der Waals surface area contributed by atoms with Gasteiger partial charge in [-0.3, -0.25) is 9.69 Å². The molecule has 1 aliphatic heterocycles. The number of nitrogen functional groups attached to an aromatic ring is 1. The number of benzene rings is 1. The largest absolute Gasteiger partial charge is 0.395 e. The molecule has 0 spiro atoms. The molecule has 7 nitrogen and oxygen atoms in total. The Hall–Kier alpha value is -3.16. The molecule has 0 saturated carbocycles. The minimum absolute atomic E-state index is 0.00931. The number of rotatable bonds is 7. The van der Waals surface area contributed by atoms with Crippen molar-refractivity contribution in [3.05, 3.63) is 54.4 Å². The van der Waals surface area contributed by atoms with Crippen LogP contribution in [0.1, 0.15) is 36.7 Å². The number of nitrogens with zero attached hydrogens (tertiary/aromatic N) is 4. The number of Topliss-reactive ketones (excluding diaryl/α,β-unsaturated/α-hetero) is 1. The van der Waals surface area contributed by atoms with Crippen LogP contribution >= 0.6 is 0 Å². The summed E-state index contributed by atoms with van der Waals surface area (Å²) in [6, 6.07) is 8.40. The number of nitrogens with one attached hydrogen (secondary N) is 1. The summed E-state index contributed by atoms with van der Waals surface area (Å²) in [5.74, 6) is 0.470. The average molecular weight is 461 g/mol. The lowest BCUT2D eigenvalue weighted by Crippen LogP contribution is -2.45. The lowest BCUT2D eigenvalue weighted by molar-refractivity contribution is 0.0859. The van der Waals surface area contributed by atoms with Crippen LogP contribution in [0.2, 0.25) is 0 Å². The number of anilines is 1. The number of H-pyrrole nitrogens is 1. The number of aliphatic imine (C=N–C) groups is 1. The minimum Gasteiger partial charge on any atom is -0.395 e. The van der Waals surface area contributed by atoms with Crippen molar-refractivity contribution < 1.29 is 4.79 Å². The summed E-state index contributed by atoms with van der Waals surface area (Å²) >= 11 is 0. The number of carbonyl (C=O) groups is 1. The van der Waals surface area contributed by atoms with E-state index in [-0.39, 0.29) is 5.78 Å². The van der Waals surface area contributed by atoms with Gasteiger partial charge in [0.25, 0.3) is 0 Å². The van der Waals surface area contributed by atoms with Gasteiger partial charge in [0.05, 0.1) is 11.3 Å². The standard InChI is InChI=1S/C27H36N6O/c1-19(16-29-26-24(28)21(17-30-26)25(34)27(2,3)4)22-18-33(23-9-7-6-8-20(22)23)15-14-32-12-10-31(5)11-13-32/h6-9,16-18,30H,1,10-15,28H2,2-5H3. The molecule has 1 aromatic carbocycles. The van der Waals surface area contributed by atoms with E-state index in [1.807, 2.05) is 20.8 Å². The SMILES string of the molecule is C=C(C=Nc1[nH]cc(C(=O)C(C)(C)C)c1N)c1cn(CCN2CCN(C)CC2)c2ccccc12. The lowest BCUT2D eigenvalue weighted by Gasteiger charge is -2.32. The fraction of sp³-hybridized carbons (Fsp3) is 0.407. The third kappa shape index (κ3) is 5.00. The highest BCUT2D eigenvalue weighted by atomic mass is 16.1. The number of para-hydroxylation sites is 1. The molecular weight excluding hydrogens is 424 g/mol. The first-order valence-corrected chi connectivity index (χ1v) is 11.9. The van der Waals surface area contributed by atoms with E-state index < -0.39 is 5.41 Å². The first-order chi connectivity index (χ1) is 16.1. The number of allylic oxidation sites excluding steroid dienone is 1. The molecule has 0 atom stereocenters. The third-order valence-corrected chi connectivity index (χ3v) is 6.56. The van der Waals surface area contributed by atoms with Crippen LogP contribution < -0.4 is 5.73 Å². The summed E-state index contributed by atoms with van der Waals surface area (Å²) in [5, 5.41) is 1.15. The van der Waals surface area contributed by atoms with Crippen LogP contribution in [0, 0.1) is 5.41 Å². The molecule has 1 saturated heterocycles. The molecule has 3 heterocycles. The molecule has 0 amide bonds. The molecule has 0 radical (unpaired) electrons. The van der Waals surface area contributed by atoms with Crippen molar-refractivity contribution in [2.75, 3.05) is 45.5 Å². The van der Waals surface area contributed by atoms with Crippen molar-refractivity contribution >= 4 is 40.0 Å². The zero-order chi connectivity index (χ0) is 24.5. The van der Waals surface area contributed by atoms with Crippen LogP contribution in [-0.2, 0) is 6.54 Å². The number of likely N-dealkylation sites (N-methyl/N-ethyl adjacent to an activating group) is 1. The highest BCUT2D eigenvalue weighted by molar-refractivity contribution is 6.15. The van der Waals surface area contributed by atoms with E-state index in [0.29, 0.717) is 17.1 Å². The summed E-state index contributed by atoms with van der Waals surface area (Å²) in [6.07, 6.45) is 5.53. The Morgan fingerprint density at radius 1 is 1.15 bits per heavy atom. The van der Waals surface area contributed by atoms with Gasteiger partial charge in [0.15, 0.2) is 11.6 Å². The number of ketones is 1. The second kappa shape index (κ2) is 9.60. The van der Waals surface area contributed by atoms with Gasteiger partial charge in [-0.2, -0.15) is 0 Å². The Bertz CT molecular complexity index is 1220. The smallest absolute Gasteiger partial charge is 0.171 e. The van der Waals surface area contributed by atoms with Gasteiger partial charge in [0.1, 0.15) is 0 Å². The van der Waals surface area contributed by atoms with E-state index in [2.05, 4.69) is 68.4 Å². The van der Waals surface area contributed by atoms with E-state index in [1.54, 1.807) is 12.4 Å². The number of carbonyl (C=O) groups excluding carboxylic acids is 1. The van der Waals surface area contributed by atoms with Gasteiger partial charge >= 0.3 is 0 Å². The van der Waals surface area contributed by atoms with E-state index in [1.165, 1.54) is 5.52 Å². The molecule has 3 aromatic rings. The van der Waals surface area contributed by atoms with Crippen molar-refractivity contribution in [2.45, 2.75) is 27.3 Å². The minimum atomic E-state index is -0.507. The van der Waals surface area contributed by atoms with E-state index in [0.717, 1.165) is 55.8 Å². The molecule has 3 N–H and O–H groups in total. The normalized spacial score (nSPS) is 16.0. The van der Waals surface area contributed by atoms with Crippen molar-refractivity contribution in [3.63, 3.8) is 0 Å². The zero-order valence-electron chi connectivity index (χ0n) is 20.8. The fourth-order valence-electron chi connectivity index (χ4n) is 4.34. The number of nitrogens with two attached hydrogens (primary N) is 1. The summed E-state index contributed by atoms with van der Waals surface area (Å²) in [4.78, 5) is 25.1. The Labute approximate surface area is 201 Å². The van der Waals surface area contributed by atoms with E-state index >= 15 is 0 Å². The van der Waals surface area contributed by atoms with Crippen LogP contribution in [0.3, 0.4) is 0 Å². The van der Waals surface area contributed by atoms with Gasteiger partial charge in [-0.25, -0.2) is 4.99 Å². The van der Waals surface area contributed by atoms with Crippen LogP contribution in [0.5, 0.6) is 0 Å². The predicted molar refractivity (Wildman–Crippen MR) is 142 cm³/mol. The maximum atomic E-state index is 12.6. The van der Waals surface area contributed by atoms with Gasteiger partial charge in [0.2, 0.25) is 0 Å². The Balaban J connectivity index is 1.53. The summed E-state index contributed by atoms with van der Waals surface area (Å²) in [7, 11) is 2.18. The number of piperazine rings is 1. The third-order valence-electron chi connectivity index (χ3n) is 6.56. The van der Waals surface area contributed by atoms with E-state index in [9.17, 15) is 4.79 Å². The van der Waals surface area contributed by atoms with Gasteiger partial charge in [-0.05, 0) is 18.7 Å². The highest BCUT2D eigenvalue weighted by Gasteiger charge is 2.26. The fourth-order valence-corrected chi connectivity index (χ4v) is 4.34. The van der Waals surface area contributed by atoms with Crippen LogP contribution in [0.15, 0.2) is 48.2 Å². The molecule has 4 rings (SSSR count). The van der Waals surface area contributed by atoms with E-state index in [4.69, 9.17) is 5.73 Å². The topological polar surface area (TPSA) is 82.6 Å². The molecule has 0 unspecified atom stereocenters. The lowest BCUT2D eigenvalue weighted by atomic mass is 9.87.